The number of anilines is 2. The number of rotatable bonds is 6. The summed E-state index contributed by atoms with van der Waals surface area (Å²) in [4.78, 5) is 16.6. The van der Waals surface area contributed by atoms with E-state index in [9.17, 15) is 4.79 Å². The number of ether oxygens (including phenoxy) is 1. The van der Waals surface area contributed by atoms with Crippen molar-refractivity contribution in [3.63, 3.8) is 0 Å². The van der Waals surface area contributed by atoms with Gasteiger partial charge in [0.25, 0.3) is 5.91 Å². The van der Waals surface area contributed by atoms with E-state index in [1.807, 2.05) is 24.3 Å². The summed E-state index contributed by atoms with van der Waals surface area (Å²) in [7, 11) is 1.60. The molecule has 3 rings (SSSR count). The SMILES string of the molecule is COc1ccc(NC(=O)c2cc(NC(C)c3ccccc3)ccn2)cc1. The number of carbonyl (C=O) groups excluding carboxylic acids is 1. The highest BCUT2D eigenvalue weighted by Gasteiger charge is 2.10. The number of nitrogens with zero attached hydrogens (tertiary/aromatic N) is 1. The number of aromatic nitrogens is 1. The standard InChI is InChI=1S/C21H21N3O2/c1-15(16-6-4-3-5-7-16)23-18-12-13-22-20(14-18)21(25)24-17-8-10-19(26-2)11-9-17/h3-15H,1-2H3,(H,22,23)(H,24,25). The third-order valence-corrected chi connectivity index (χ3v) is 4.02. The number of pyridine rings is 1. The molecule has 0 radical (unpaired) electrons. The first-order valence-electron chi connectivity index (χ1n) is 8.38. The number of benzene rings is 2. The summed E-state index contributed by atoms with van der Waals surface area (Å²) in [6, 6.07) is 21.0. The molecule has 0 fully saturated rings. The molecule has 0 aliphatic rings. The Hall–Kier alpha value is -3.34. The molecule has 1 amide bonds. The van der Waals surface area contributed by atoms with E-state index in [0.717, 1.165) is 11.4 Å². The Morgan fingerprint density at radius 3 is 2.42 bits per heavy atom. The minimum absolute atomic E-state index is 0.121. The minimum Gasteiger partial charge on any atom is -0.497 e. The molecule has 0 saturated heterocycles. The highest BCUT2D eigenvalue weighted by molar-refractivity contribution is 6.03. The van der Waals surface area contributed by atoms with Gasteiger partial charge < -0.3 is 15.4 Å². The number of methoxy groups -OCH3 is 1. The molecule has 0 spiro atoms. The normalized spacial score (nSPS) is 11.5. The van der Waals surface area contributed by atoms with Gasteiger partial charge in [-0.05, 0) is 48.9 Å². The zero-order chi connectivity index (χ0) is 18.4. The average molecular weight is 347 g/mol. The van der Waals surface area contributed by atoms with E-state index in [0.29, 0.717) is 11.4 Å². The summed E-state index contributed by atoms with van der Waals surface area (Å²) in [5.74, 6) is 0.480. The Morgan fingerprint density at radius 1 is 1.00 bits per heavy atom. The van der Waals surface area contributed by atoms with Gasteiger partial charge >= 0.3 is 0 Å². The lowest BCUT2D eigenvalue weighted by Gasteiger charge is -2.16. The van der Waals surface area contributed by atoms with Gasteiger partial charge in [-0.3, -0.25) is 9.78 Å². The molecule has 5 heteroatoms. The Kier molecular flexibility index (Phi) is 5.49. The molecule has 0 bridgehead atoms. The molecule has 2 aromatic carbocycles. The Bertz CT molecular complexity index is 864. The fourth-order valence-corrected chi connectivity index (χ4v) is 2.59. The van der Waals surface area contributed by atoms with Gasteiger partial charge in [-0.15, -0.1) is 0 Å². The second-order valence-electron chi connectivity index (χ2n) is 5.89. The van der Waals surface area contributed by atoms with Crippen molar-refractivity contribution in [1.82, 2.24) is 4.98 Å². The summed E-state index contributed by atoms with van der Waals surface area (Å²) in [6.07, 6.45) is 1.63. The van der Waals surface area contributed by atoms with Gasteiger partial charge in [0.15, 0.2) is 0 Å². The minimum atomic E-state index is -0.258. The van der Waals surface area contributed by atoms with Gasteiger partial charge in [-0.1, -0.05) is 30.3 Å². The molecular weight excluding hydrogens is 326 g/mol. The van der Waals surface area contributed by atoms with Crippen LogP contribution < -0.4 is 15.4 Å². The van der Waals surface area contributed by atoms with Crippen molar-refractivity contribution in [3.05, 3.63) is 84.2 Å². The van der Waals surface area contributed by atoms with Crippen LogP contribution in [0.1, 0.15) is 29.0 Å². The molecule has 1 heterocycles. The first kappa shape index (κ1) is 17.5. The molecule has 0 aliphatic heterocycles. The predicted molar refractivity (Wildman–Crippen MR) is 104 cm³/mol. The maximum atomic E-state index is 12.4. The third-order valence-electron chi connectivity index (χ3n) is 4.02. The number of carbonyl (C=O) groups is 1. The summed E-state index contributed by atoms with van der Waals surface area (Å²) >= 11 is 0. The van der Waals surface area contributed by atoms with E-state index in [1.54, 1.807) is 43.6 Å². The fourth-order valence-electron chi connectivity index (χ4n) is 2.59. The van der Waals surface area contributed by atoms with E-state index >= 15 is 0 Å². The molecule has 132 valence electrons. The van der Waals surface area contributed by atoms with Gasteiger partial charge in [-0.2, -0.15) is 0 Å². The van der Waals surface area contributed by atoms with Gasteiger partial charge in [-0.25, -0.2) is 0 Å². The Morgan fingerprint density at radius 2 is 1.73 bits per heavy atom. The molecular formula is C21H21N3O2. The first-order valence-corrected chi connectivity index (χ1v) is 8.38. The van der Waals surface area contributed by atoms with Crippen LogP contribution in [0.15, 0.2) is 72.9 Å². The predicted octanol–water partition coefficient (Wildman–Crippen LogP) is 4.52. The topological polar surface area (TPSA) is 63.2 Å². The van der Waals surface area contributed by atoms with E-state index in [4.69, 9.17) is 4.74 Å². The monoisotopic (exact) mass is 347 g/mol. The maximum absolute atomic E-state index is 12.4. The van der Waals surface area contributed by atoms with Crippen LogP contribution in [0, 0.1) is 0 Å². The smallest absolute Gasteiger partial charge is 0.274 e. The van der Waals surface area contributed by atoms with Crippen LogP contribution in [0.4, 0.5) is 11.4 Å². The van der Waals surface area contributed by atoms with Crippen molar-refractivity contribution in [2.75, 3.05) is 17.7 Å². The van der Waals surface area contributed by atoms with Crippen LogP contribution in [0.2, 0.25) is 0 Å². The molecule has 1 atom stereocenters. The molecule has 2 N–H and O–H groups in total. The van der Waals surface area contributed by atoms with Gasteiger partial charge in [0.1, 0.15) is 11.4 Å². The Balaban J connectivity index is 1.68. The second-order valence-corrected chi connectivity index (χ2v) is 5.89. The lowest BCUT2D eigenvalue weighted by Crippen LogP contribution is -2.14. The summed E-state index contributed by atoms with van der Waals surface area (Å²) in [5.41, 5.74) is 3.06. The maximum Gasteiger partial charge on any atom is 0.274 e. The molecule has 1 aromatic heterocycles. The lowest BCUT2D eigenvalue weighted by atomic mass is 10.1. The van der Waals surface area contributed by atoms with Crippen LogP contribution in [-0.4, -0.2) is 18.0 Å². The second kappa shape index (κ2) is 8.16. The van der Waals surface area contributed by atoms with Crippen LogP contribution in [0.3, 0.4) is 0 Å². The van der Waals surface area contributed by atoms with Crippen molar-refractivity contribution in [2.24, 2.45) is 0 Å². The average Bonchev–Trinajstić information content (AvgIpc) is 2.69. The molecule has 5 nitrogen and oxygen atoms in total. The molecule has 3 aromatic rings. The third kappa shape index (κ3) is 4.39. The van der Waals surface area contributed by atoms with Crippen molar-refractivity contribution >= 4 is 17.3 Å². The van der Waals surface area contributed by atoms with Gasteiger partial charge in [0.2, 0.25) is 0 Å². The van der Waals surface area contributed by atoms with Crippen molar-refractivity contribution in [1.29, 1.82) is 0 Å². The van der Waals surface area contributed by atoms with Crippen LogP contribution in [-0.2, 0) is 0 Å². The number of amides is 1. The van der Waals surface area contributed by atoms with Gasteiger partial charge in [0.05, 0.1) is 7.11 Å². The van der Waals surface area contributed by atoms with Crippen LogP contribution in [0.25, 0.3) is 0 Å². The van der Waals surface area contributed by atoms with E-state index in [2.05, 4.69) is 34.7 Å². The van der Waals surface area contributed by atoms with Gasteiger partial charge in [0, 0.05) is 23.6 Å². The largest absolute Gasteiger partial charge is 0.497 e. The fraction of sp³-hybridized carbons (Fsp3) is 0.143. The highest BCUT2D eigenvalue weighted by Crippen LogP contribution is 2.20. The lowest BCUT2D eigenvalue weighted by molar-refractivity contribution is 0.102. The quantitative estimate of drug-likeness (QED) is 0.688. The summed E-state index contributed by atoms with van der Waals surface area (Å²) < 4.78 is 5.11. The van der Waals surface area contributed by atoms with Crippen molar-refractivity contribution in [3.8, 4) is 5.75 Å². The molecule has 26 heavy (non-hydrogen) atoms. The van der Waals surface area contributed by atoms with Crippen molar-refractivity contribution in [2.45, 2.75) is 13.0 Å². The zero-order valence-corrected chi connectivity index (χ0v) is 14.8. The van der Waals surface area contributed by atoms with E-state index in [-0.39, 0.29) is 11.9 Å². The number of hydrogen-bond donors (Lipinski definition) is 2. The Labute approximate surface area is 153 Å². The van der Waals surface area contributed by atoms with E-state index < -0.39 is 0 Å². The van der Waals surface area contributed by atoms with E-state index in [1.165, 1.54) is 5.56 Å². The zero-order valence-electron chi connectivity index (χ0n) is 14.8. The van der Waals surface area contributed by atoms with Crippen LogP contribution >= 0.6 is 0 Å². The summed E-state index contributed by atoms with van der Waals surface area (Å²) in [6.45, 7) is 2.08. The number of hydrogen-bond acceptors (Lipinski definition) is 4. The molecule has 0 aliphatic carbocycles. The highest BCUT2D eigenvalue weighted by atomic mass is 16.5. The van der Waals surface area contributed by atoms with Crippen molar-refractivity contribution < 1.29 is 9.53 Å². The summed E-state index contributed by atoms with van der Waals surface area (Å²) in [5, 5.41) is 6.23. The first-order chi connectivity index (χ1) is 12.7. The molecule has 0 saturated carbocycles. The van der Waals surface area contributed by atoms with Crippen LogP contribution in [0.5, 0.6) is 5.75 Å². The molecule has 1 unspecified atom stereocenters. The number of nitrogens with one attached hydrogen (secondary N) is 2.